The maximum atomic E-state index is 11.3. The summed E-state index contributed by atoms with van der Waals surface area (Å²) in [6, 6.07) is 7.74. The normalized spacial score (nSPS) is 22.8. The predicted octanol–water partition coefficient (Wildman–Crippen LogP) is 3.67. The zero-order valence-corrected chi connectivity index (χ0v) is 20.4. The molecule has 3 N–H and O–H groups in total. The summed E-state index contributed by atoms with van der Waals surface area (Å²) in [5, 5.41) is 33.2. The van der Waals surface area contributed by atoms with Gasteiger partial charge >= 0.3 is 0 Å². The highest BCUT2D eigenvalue weighted by Gasteiger charge is 2.43. The molecule has 0 unspecified atom stereocenters. The summed E-state index contributed by atoms with van der Waals surface area (Å²) in [5.74, 6) is 1.76. The van der Waals surface area contributed by atoms with Crippen LogP contribution in [0, 0.1) is 0 Å². The van der Waals surface area contributed by atoms with E-state index < -0.39 is 0 Å². The fraction of sp³-hybridized carbons (Fsp3) is 0.520. The van der Waals surface area contributed by atoms with E-state index in [0.717, 1.165) is 29.5 Å². The van der Waals surface area contributed by atoms with Crippen molar-refractivity contribution in [3.05, 3.63) is 46.5 Å². The second-order valence-electron chi connectivity index (χ2n) is 8.90. The summed E-state index contributed by atoms with van der Waals surface area (Å²) >= 11 is 0. The second-order valence-corrected chi connectivity index (χ2v) is 8.90. The predicted molar refractivity (Wildman–Crippen MR) is 124 cm³/mol. The van der Waals surface area contributed by atoms with E-state index in [2.05, 4.69) is 6.92 Å². The molecule has 0 radical (unpaired) electrons. The molecule has 3 rings (SSSR count). The van der Waals surface area contributed by atoms with E-state index in [4.69, 9.17) is 14.2 Å². The molecule has 0 aromatic heterocycles. The number of quaternary nitrogens is 2. The number of aromatic hydroxyl groups is 1. The number of rotatable bonds is 9. The van der Waals surface area contributed by atoms with Crippen LogP contribution in [0.3, 0.4) is 0 Å². The minimum Gasteiger partial charge on any atom is -0.504 e. The first-order valence-corrected chi connectivity index (χ1v) is 11.5. The number of benzene rings is 2. The number of ether oxygens (including phenoxy) is 3. The molecule has 0 bridgehead atoms. The molecule has 8 heteroatoms. The van der Waals surface area contributed by atoms with Gasteiger partial charge in [-0.25, -0.2) is 10.4 Å². The Morgan fingerprint density at radius 2 is 1.15 bits per heavy atom. The fourth-order valence-corrected chi connectivity index (χ4v) is 4.56. The highest BCUT2D eigenvalue weighted by atomic mass is 16.6. The van der Waals surface area contributed by atoms with Crippen LogP contribution in [-0.4, -0.2) is 72.3 Å². The van der Waals surface area contributed by atoms with Crippen molar-refractivity contribution < 1.29 is 39.0 Å². The van der Waals surface area contributed by atoms with E-state index in [0.29, 0.717) is 55.5 Å². The van der Waals surface area contributed by atoms with Crippen LogP contribution in [0.25, 0.3) is 0 Å². The monoisotopic (exact) mass is 462 g/mol. The van der Waals surface area contributed by atoms with Crippen LogP contribution in [0.15, 0.2) is 24.3 Å². The molecule has 2 aromatic rings. The van der Waals surface area contributed by atoms with Crippen LogP contribution in [0.2, 0.25) is 0 Å². The maximum absolute atomic E-state index is 11.3. The van der Waals surface area contributed by atoms with Crippen molar-refractivity contribution in [3.8, 4) is 23.0 Å². The SMILES string of the molecule is CCc1cc(C[N+]2(O)CC[N+](O)(Cc3cc(CC)cc(OC)c3OC)CC2)c(O)c(OC)c1. The third-order valence-electron chi connectivity index (χ3n) is 6.66. The molecule has 1 fully saturated rings. The Morgan fingerprint density at radius 1 is 0.697 bits per heavy atom. The average Bonchev–Trinajstić information content (AvgIpc) is 2.82. The number of methoxy groups -OCH3 is 3. The van der Waals surface area contributed by atoms with Crippen LogP contribution < -0.4 is 14.2 Å². The topological polar surface area (TPSA) is 88.4 Å². The van der Waals surface area contributed by atoms with Crippen LogP contribution in [0.4, 0.5) is 0 Å². The van der Waals surface area contributed by atoms with E-state index in [1.54, 1.807) is 14.2 Å². The lowest BCUT2D eigenvalue weighted by Crippen LogP contribution is -2.63. The van der Waals surface area contributed by atoms with Crippen molar-refractivity contribution in [1.82, 2.24) is 0 Å². The summed E-state index contributed by atoms with van der Waals surface area (Å²) in [6.07, 6.45) is 1.65. The third-order valence-corrected chi connectivity index (χ3v) is 6.66. The molecule has 1 aliphatic heterocycles. The minimum atomic E-state index is -0.250. The van der Waals surface area contributed by atoms with Crippen molar-refractivity contribution in [3.63, 3.8) is 0 Å². The van der Waals surface area contributed by atoms with Gasteiger partial charge in [0, 0.05) is 0 Å². The Bertz CT molecular complexity index is 970. The second kappa shape index (κ2) is 10.2. The van der Waals surface area contributed by atoms with Gasteiger partial charge in [0.1, 0.15) is 13.1 Å². The Balaban J connectivity index is 1.78. The Hall–Kier alpha value is -2.52. The number of piperazine rings is 1. The lowest BCUT2D eigenvalue weighted by molar-refractivity contribution is -1.20. The van der Waals surface area contributed by atoms with Crippen molar-refractivity contribution in [2.24, 2.45) is 0 Å². The molecule has 1 saturated heterocycles. The third kappa shape index (κ3) is 5.52. The molecule has 0 saturated carbocycles. The average molecular weight is 463 g/mol. The zero-order valence-electron chi connectivity index (χ0n) is 20.4. The highest BCUT2D eigenvalue weighted by Crippen LogP contribution is 2.37. The van der Waals surface area contributed by atoms with Gasteiger partial charge in [-0.2, -0.15) is 9.29 Å². The van der Waals surface area contributed by atoms with Gasteiger partial charge in [0.2, 0.25) is 0 Å². The number of phenols is 1. The molecule has 0 spiro atoms. The number of phenolic OH excluding ortho intramolecular Hbond substituents is 1. The minimum absolute atomic E-state index is 0.0600. The number of hydrogen-bond acceptors (Lipinski definition) is 6. The fourth-order valence-electron chi connectivity index (χ4n) is 4.56. The summed E-state index contributed by atoms with van der Waals surface area (Å²) in [4.78, 5) is 0. The quantitative estimate of drug-likeness (QED) is 0.493. The molecule has 1 aliphatic rings. The largest absolute Gasteiger partial charge is 0.504 e. The van der Waals surface area contributed by atoms with E-state index in [1.807, 2.05) is 31.2 Å². The van der Waals surface area contributed by atoms with Crippen molar-refractivity contribution in [2.75, 3.05) is 47.5 Å². The van der Waals surface area contributed by atoms with Crippen LogP contribution in [0.5, 0.6) is 23.0 Å². The van der Waals surface area contributed by atoms with Crippen LogP contribution >= 0.6 is 0 Å². The zero-order chi connectivity index (χ0) is 24.2. The van der Waals surface area contributed by atoms with Crippen molar-refractivity contribution in [1.29, 1.82) is 0 Å². The lowest BCUT2D eigenvalue weighted by atomic mass is 10.0. The lowest BCUT2D eigenvalue weighted by Gasteiger charge is -2.41. The molecule has 0 aliphatic carbocycles. The summed E-state index contributed by atoms with van der Waals surface area (Å²) in [5.41, 5.74) is 3.67. The Morgan fingerprint density at radius 3 is 1.61 bits per heavy atom. The Kier molecular flexibility index (Phi) is 7.74. The number of hydrogen-bond donors (Lipinski definition) is 3. The smallest absolute Gasteiger partial charge is 0.169 e. The Labute approximate surface area is 196 Å². The number of hydroxylamine groups is 6. The van der Waals surface area contributed by atoms with Gasteiger partial charge in [-0.3, -0.25) is 0 Å². The summed E-state index contributed by atoms with van der Waals surface area (Å²) < 4.78 is 15.9. The highest BCUT2D eigenvalue weighted by molar-refractivity contribution is 5.49. The van der Waals surface area contributed by atoms with Gasteiger partial charge in [-0.05, 0) is 48.2 Å². The van der Waals surface area contributed by atoms with Gasteiger partial charge in [-0.15, -0.1) is 0 Å². The first-order chi connectivity index (χ1) is 15.7. The maximum Gasteiger partial charge on any atom is 0.169 e. The van der Waals surface area contributed by atoms with Crippen LogP contribution in [0.1, 0.15) is 36.1 Å². The first kappa shape index (κ1) is 25.1. The molecule has 182 valence electrons. The molecule has 0 amide bonds. The molecular weight excluding hydrogens is 424 g/mol. The van der Waals surface area contributed by atoms with Crippen molar-refractivity contribution >= 4 is 0 Å². The van der Waals surface area contributed by atoms with Crippen LogP contribution in [-0.2, 0) is 25.9 Å². The van der Waals surface area contributed by atoms with Gasteiger partial charge in [-0.1, -0.05) is 13.8 Å². The molecule has 33 heavy (non-hydrogen) atoms. The number of aryl methyl sites for hydroxylation is 2. The van der Waals surface area contributed by atoms with Gasteiger partial charge in [0.25, 0.3) is 0 Å². The number of nitrogens with zero attached hydrogens (tertiary/aromatic N) is 2. The van der Waals surface area contributed by atoms with E-state index >= 15 is 0 Å². The van der Waals surface area contributed by atoms with E-state index in [9.17, 15) is 15.5 Å². The van der Waals surface area contributed by atoms with Gasteiger partial charge in [0.05, 0.1) is 32.5 Å². The molecule has 8 nitrogen and oxygen atoms in total. The first-order valence-electron chi connectivity index (χ1n) is 11.5. The summed E-state index contributed by atoms with van der Waals surface area (Å²) in [6.45, 7) is 6.14. The molecule has 2 aromatic carbocycles. The molecule has 1 heterocycles. The summed E-state index contributed by atoms with van der Waals surface area (Å²) in [7, 11) is 4.74. The van der Waals surface area contributed by atoms with Gasteiger partial charge < -0.3 is 19.3 Å². The van der Waals surface area contributed by atoms with E-state index in [1.165, 1.54) is 7.11 Å². The van der Waals surface area contributed by atoms with Gasteiger partial charge in [0.15, 0.2) is 49.2 Å². The molecular formula is C25H38N2O6+2. The van der Waals surface area contributed by atoms with Crippen molar-refractivity contribution in [2.45, 2.75) is 39.8 Å². The van der Waals surface area contributed by atoms with E-state index in [-0.39, 0.29) is 21.6 Å². The molecule has 0 atom stereocenters. The standard InChI is InChI=1S/C25H37N2O6/c1-6-18-12-20(24(28)22(14-18)31-3)16-26(29)8-10-27(30,11-9-26)17-21-13-19(7-2)15-23(32-4)25(21)33-5/h12-15,29-30H,6-11,16-17H2,1-5H3/q+1/p+1.